The summed E-state index contributed by atoms with van der Waals surface area (Å²) in [6.45, 7) is 2.87. The van der Waals surface area contributed by atoms with E-state index in [0.29, 0.717) is 6.04 Å². The largest absolute Gasteiger partial charge is 0.379 e. The predicted octanol–water partition coefficient (Wildman–Crippen LogP) is 3.44. The lowest BCUT2D eigenvalue weighted by Crippen LogP contribution is -2.44. The molecule has 5 nitrogen and oxygen atoms in total. The van der Waals surface area contributed by atoms with Gasteiger partial charge in [0.2, 0.25) is 5.91 Å². The van der Waals surface area contributed by atoms with Crippen molar-refractivity contribution in [1.82, 2.24) is 9.78 Å². The van der Waals surface area contributed by atoms with Crippen LogP contribution in [0.15, 0.2) is 30.6 Å². The van der Waals surface area contributed by atoms with Gasteiger partial charge >= 0.3 is 0 Å². The first-order chi connectivity index (χ1) is 11.7. The van der Waals surface area contributed by atoms with Crippen molar-refractivity contribution in [3.63, 3.8) is 0 Å². The summed E-state index contributed by atoms with van der Waals surface area (Å²) in [4.78, 5) is 14.7. The molecule has 2 fully saturated rings. The van der Waals surface area contributed by atoms with Crippen molar-refractivity contribution in [2.24, 2.45) is 5.92 Å². The van der Waals surface area contributed by atoms with Crippen LogP contribution >= 0.6 is 0 Å². The second-order valence-electron chi connectivity index (χ2n) is 7.44. The van der Waals surface area contributed by atoms with E-state index in [1.165, 1.54) is 12.8 Å². The molecule has 0 radical (unpaired) electrons. The molecule has 2 aromatic rings. The maximum Gasteiger partial charge on any atom is 0.230 e. The summed E-state index contributed by atoms with van der Waals surface area (Å²) in [7, 11) is 0. The second-order valence-corrected chi connectivity index (χ2v) is 7.44. The molecule has 0 spiro atoms. The van der Waals surface area contributed by atoms with E-state index in [2.05, 4.69) is 46.4 Å². The minimum absolute atomic E-state index is 0.240. The molecule has 1 atom stereocenters. The zero-order chi connectivity index (χ0) is 16.3. The Hall–Kier alpha value is -2.30. The highest BCUT2D eigenvalue weighted by Gasteiger charge is 2.37. The van der Waals surface area contributed by atoms with Crippen molar-refractivity contribution in [3.05, 3.63) is 30.6 Å². The molecular formula is C19H22N4O. The number of fused-ring (bicyclic) bond motifs is 1. The lowest BCUT2D eigenvalue weighted by Gasteiger charge is -2.35. The zero-order valence-corrected chi connectivity index (χ0v) is 13.9. The molecule has 1 unspecified atom stereocenters. The van der Waals surface area contributed by atoms with Gasteiger partial charge in [-0.05, 0) is 50.3 Å². The smallest absolute Gasteiger partial charge is 0.230 e. The Kier molecular flexibility index (Phi) is 2.99. The Morgan fingerprint density at radius 2 is 2.04 bits per heavy atom. The molecule has 2 heterocycles. The van der Waals surface area contributed by atoms with Crippen molar-refractivity contribution >= 4 is 17.3 Å². The van der Waals surface area contributed by atoms with Gasteiger partial charge in [0.1, 0.15) is 0 Å². The number of aromatic nitrogens is 2. The van der Waals surface area contributed by atoms with Gasteiger partial charge in [0.25, 0.3) is 0 Å². The van der Waals surface area contributed by atoms with Gasteiger partial charge in [-0.25, -0.2) is 0 Å². The monoisotopic (exact) mass is 322 g/mol. The first-order valence-corrected chi connectivity index (χ1v) is 8.95. The first-order valence-electron chi connectivity index (χ1n) is 8.95. The normalized spacial score (nSPS) is 22.9. The van der Waals surface area contributed by atoms with Gasteiger partial charge in [0, 0.05) is 30.3 Å². The maximum absolute atomic E-state index is 12.7. The van der Waals surface area contributed by atoms with Crippen LogP contribution in [-0.4, -0.2) is 28.3 Å². The average molecular weight is 322 g/mol. The minimum Gasteiger partial charge on any atom is -0.379 e. The first kappa shape index (κ1) is 14.1. The third-order valence-electron chi connectivity index (χ3n) is 5.20. The molecule has 5 heteroatoms. The number of carbonyl (C=O) groups is 1. The van der Waals surface area contributed by atoms with Crippen LogP contribution in [0, 0.1) is 5.92 Å². The van der Waals surface area contributed by atoms with Crippen LogP contribution in [0.4, 0.5) is 11.4 Å². The Morgan fingerprint density at radius 1 is 1.21 bits per heavy atom. The van der Waals surface area contributed by atoms with Crippen molar-refractivity contribution in [1.29, 1.82) is 0 Å². The molecule has 3 aliphatic rings. The predicted molar refractivity (Wildman–Crippen MR) is 94.1 cm³/mol. The fraction of sp³-hybridized carbons (Fsp3) is 0.474. The Bertz CT molecular complexity index is 803. The van der Waals surface area contributed by atoms with E-state index in [4.69, 9.17) is 0 Å². The van der Waals surface area contributed by atoms with E-state index in [9.17, 15) is 4.79 Å². The van der Waals surface area contributed by atoms with Gasteiger partial charge in [-0.15, -0.1) is 0 Å². The third kappa shape index (κ3) is 2.39. The highest BCUT2D eigenvalue weighted by molar-refractivity contribution is 6.01. The SMILES string of the molecule is CC1CN(C(=O)C2CC2)c2cc(-c3cnn(C4CC4)c3)ccc2N1. The number of anilines is 2. The number of rotatable bonds is 3. The summed E-state index contributed by atoms with van der Waals surface area (Å²) in [5.41, 5.74) is 4.33. The number of hydrogen-bond donors (Lipinski definition) is 1. The molecule has 2 saturated carbocycles. The summed E-state index contributed by atoms with van der Waals surface area (Å²) in [6, 6.07) is 7.23. The average Bonchev–Trinajstić information content (AvgIpc) is 3.51. The summed E-state index contributed by atoms with van der Waals surface area (Å²) in [5, 5.41) is 7.99. The van der Waals surface area contributed by atoms with E-state index in [-0.39, 0.29) is 17.9 Å². The Morgan fingerprint density at radius 3 is 2.79 bits per heavy atom. The molecule has 0 bridgehead atoms. The molecule has 1 amide bonds. The molecule has 124 valence electrons. The Balaban J connectivity index is 1.52. The molecule has 24 heavy (non-hydrogen) atoms. The van der Waals surface area contributed by atoms with Crippen LogP contribution in [-0.2, 0) is 4.79 Å². The van der Waals surface area contributed by atoms with E-state index < -0.39 is 0 Å². The van der Waals surface area contributed by atoms with Crippen molar-refractivity contribution in [2.75, 3.05) is 16.8 Å². The summed E-state index contributed by atoms with van der Waals surface area (Å²) < 4.78 is 2.07. The van der Waals surface area contributed by atoms with Crippen LogP contribution in [0.25, 0.3) is 11.1 Å². The number of nitrogens with one attached hydrogen (secondary N) is 1. The molecule has 1 aliphatic heterocycles. The van der Waals surface area contributed by atoms with Gasteiger partial charge in [0.15, 0.2) is 0 Å². The van der Waals surface area contributed by atoms with Crippen molar-refractivity contribution in [3.8, 4) is 11.1 Å². The van der Waals surface area contributed by atoms with E-state index in [0.717, 1.165) is 41.9 Å². The van der Waals surface area contributed by atoms with E-state index in [1.54, 1.807) is 0 Å². The van der Waals surface area contributed by atoms with Gasteiger partial charge in [-0.2, -0.15) is 5.10 Å². The molecule has 1 aromatic heterocycles. The summed E-state index contributed by atoms with van der Waals surface area (Å²) >= 11 is 0. The van der Waals surface area contributed by atoms with Crippen molar-refractivity contribution < 1.29 is 4.79 Å². The number of carbonyl (C=O) groups excluding carboxylic acids is 1. The Labute approximate surface area is 141 Å². The summed E-state index contributed by atoms with van der Waals surface area (Å²) in [6.07, 6.45) is 8.62. The molecule has 1 aromatic carbocycles. The lowest BCUT2D eigenvalue weighted by molar-refractivity contribution is -0.119. The second kappa shape index (κ2) is 5.10. The topological polar surface area (TPSA) is 50.2 Å². The quantitative estimate of drug-likeness (QED) is 0.942. The number of nitrogens with zero attached hydrogens (tertiary/aromatic N) is 3. The van der Waals surface area contributed by atoms with Gasteiger partial charge in [-0.1, -0.05) is 6.07 Å². The summed E-state index contributed by atoms with van der Waals surface area (Å²) in [5.74, 6) is 0.528. The fourth-order valence-electron chi connectivity index (χ4n) is 3.53. The minimum atomic E-state index is 0.240. The number of amides is 1. The lowest BCUT2D eigenvalue weighted by atomic mass is 10.0. The van der Waals surface area contributed by atoms with Crippen LogP contribution in [0.1, 0.15) is 38.6 Å². The number of hydrogen-bond acceptors (Lipinski definition) is 3. The van der Waals surface area contributed by atoms with Crippen molar-refractivity contribution in [2.45, 2.75) is 44.7 Å². The fourth-order valence-corrected chi connectivity index (χ4v) is 3.53. The van der Waals surface area contributed by atoms with Gasteiger partial charge < -0.3 is 10.2 Å². The molecule has 0 saturated heterocycles. The third-order valence-corrected chi connectivity index (χ3v) is 5.20. The molecule has 5 rings (SSSR count). The van der Waals surface area contributed by atoms with Gasteiger partial charge in [0.05, 0.1) is 23.6 Å². The maximum atomic E-state index is 12.7. The van der Waals surface area contributed by atoms with E-state index >= 15 is 0 Å². The molecule has 2 aliphatic carbocycles. The number of benzene rings is 1. The van der Waals surface area contributed by atoms with Crippen LogP contribution < -0.4 is 10.2 Å². The van der Waals surface area contributed by atoms with Crippen LogP contribution in [0.3, 0.4) is 0 Å². The molecule has 1 N–H and O–H groups in total. The highest BCUT2D eigenvalue weighted by atomic mass is 16.2. The van der Waals surface area contributed by atoms with Gasteiger partial charge in [-0.3, -0.25) is 9.48 Å². The van der Waals surface area contributed by atoms with E-state index in [1.807, 2.05) is 11.1 Å². The van der Waals surface area contributed by atoms with Crippen LogP contribution in [0.5, 0.6) is 0 Å². The standard InChI is InChI=1S/C19H22N4O/c1-12-10-22(19(24)13-2-3-13)18-8-14(4-7-17(18)21-12)15-9-20-23(11-15)16-5-6-16/h4,7-9,11-13,16,21H,2-3,5-6,10H2,1H3. The zero-order valence-electron chi connectivity index (χ0n) is 13.9. The van der Waals surface area contributed by atoms with Crippen LogP contribution in [0.2, 0.25) is 0 Å². The molecular weight excluding hydrogens is 300 g/mol. The highest BCUT2D eigenvalue weighted by Crippen LogP contribution is 2.40.